The van der Waals surface area contributed by atoms with E-state index in [9.17, 15) is 9.59 Å². The molecule has 0 aliphatic carbocycles. The first-order valence-electron chi connectivity index (χ1n) is 9.81. The van der Waals surface area contributed by atoms with Gasteiger partial charge < -0.3 is 19.7 Å². The zero-order valence-corrected chi connectivity index (χ0v) is 17.9. The highest BCUT2D eigenvalue weighted by Crippen LogP contribution is 2.17. The van der Waals surface area contributed by atoms with E-state index in [0.29, 0.717) is 18.7 Å². The van der Waals surface area contributed by atoms with Gasteiger partial charge in [-0.1, -0.05) is 42.5 Å². The lowest BCUT2D eigenvalue weighted by Gasteiger charge is -2.16. The molecule has 0 spiro atoms. The van der Waals surface area contributed by atoms with Crippen LogP contribution >= 0.6 is 0 Å². The number of likely N-dealkylation sites (N-methyl/N-ethyl adjacent to an activating group) is 1. The molecule has 0 saturated carbocycles. The summed E-state index contributed by atoms with van der Waals surface area (Å²) in [6.07, 6.45) is 1.57. The summed E-state index contributed by atoms with van der Waals surface area (Å²) >= 11 is 0. The molecule has 2 amide bonds. The predicted molar refractivity (Wildman–Crippen MR) is 116 cm³/mol. The second-order valence-electron chi connectivity index (χ2n) is 7.08. The first-order chi connectivity index (χ1) is 15.0. The number of nitrogens with one attached hydrogen (secondary N) is 1. The van der Waals surface area contributed by atoms with E-state index in [0.717, 1.165) is 16.9 Å². The lowest BCUT2D eigenvalue weighted by Crippen LogP contribution is -2.38. The predicted octanol–water partition coefficient (Wildman–Crippen LogP) is 2.40. The van der Waals surface area contributed by atoms with Gasteiger partial charge in [-0.05, 0) is 23.3 Å². The summed E-state index contributed by atoms with van der Waals surface area (Å²) in [4.78, 5) is 26.1. The molecule has 162 valence electrons. The molecule has 8 nitrogen and oxygen atoms in total. The van der Waals surface area contributed by atoms with Gasteiger partial charge in [0.1, 0.15) is 17.9 Å². The number of ether oxygens (including phenoxy) is 2. The van der Waals surface area contributed by atoms with Gasteiger partial charge in [0.05, 0.1) is 13.7 Å². The lowest BCUT2D eigenvalue weighted by atomic mass is 10.2. The van der Waals surface area contributed by atoms with Crippen molar-refractivity contribution in [3.63, 3.8) is 0 Å². The van der Waals surface area contributed by atoms with Crippen molar-refractivity contribution in [2.75, 3.05) is 20.7 Å². The Labute approximate surface area is 181 Å². The Bertz CT molecular complexity index is 1020. The number of aryl methyl sites for hydroxylation is 1. The van der Waals surface area contributed by atoms with Gasteiger partial charge >= 0.3 is 0 Å². The Balaban J connectivity index is 1.46. The van der Waals surface area contributed by atoms with Crippen LogP contribution in [0.2, 0.25) is 0 Å². The van der Waals surface area contributed by atoms with Crippen LogP contribution in [0.15, 0.2) is 60.8 Å². The van der Waals surface area contributed by atoms with Gasteiger partial charge in [-0.3, -0.25) is 14.3 Å². The molecule has 0 saturated heterocycles. The number of hydrogen-bond acceptors (Lipinski definition) is 5. The number of benzene rings is 2. The van der Waals surface area contributed by atoms with Gasteiger partial charge in [0.25, 0.3) is 5.91 Å². The second-order valence-corrected chi connectivity index (χ2v) is 7.08. The minimum atomic E-state index is -0.333. The zero-order chi connectivity index (χ0) is 22.2. The van der Waals surface area contributed by atoms with Gasteiger partial charge in [0.15, 0.2) is 0 Å². The van der Waals surface area contributed by atoms with E-state index < -0.39 is 0 Å². The minimum Gasteiger partial charge on any atom is -0.489 e. The molecular formula is C23H26N4O4. The van der Waals surface area contributed by atoms with Crippen LogP contribution in [-0.4, -0.2) is 47.2 Å². The van der Waals surface area contributed by atoms with E-state index >= 15 is 0 Å². The maximum absolute atomic E-state index is 12.5. The van der Waals surface area contributed by atoms with Gasteiger partial charge in [-0.15, -0.1) is 5.10 Å². The average Bonchev–Trinajstić information content (AvgIpc) is 3.17. The highest BCUT2D eigenvalue weighted by atomic mass is 16.5. The third kappa shape index (κ3) is 6.08. The number of rotatable bonds is 9. The number of hydrogen-bond donors (Lipinski definition) is 1. The number of nitrogens with zero attached hydrogens (tertiary/aromatic N) is 3. The smallest absolute Gasteiger partial charge is 0.261 e. The molecule has 0 unspecified atom stereocenters. The summed E-state index contributed by atoms with van der Waals surface area (Å²) in [5, 5.41) is 6.88. The van der Waals surface area contributed by atoms with Crippen LogP contribution in [-0.2, 0) is 25.0 Å². The first kappa shape index (κ1) is 21.9. The van der Waals surface area contributed by atoms with Gasteiger partial charge in [0.2, 0.25) is 11.8 Å². The molecule has 0 aliphatic rings. The van der Waals surface area contributed by atoms with Crippen molar-refractivity contribution in [1.82, 2.24) is 20.0 Å². The molecule has 3 rings (SSSR count). The molecule has 0 bridgehead atoms. The molecular weight excluding hydrogens is 396 g/mol. The van der Waals surface area contributed by atoms with Gasteiger partial charge in [-0.25, -0.2) is 0 Å². The van der Waals surface area contributed by atoms with Gasteiger partial charge in [-0.2, -0.15) is 0 Å². The Kier molecular flexibility index (Phi) is 7.26. The summed E-state index contributed by atoms with van der Waals surface area (Å²) < 4.78 is 12.4. The van der Waals surface area contributed by atoms with Crippen molar-refractivity contribution in [3.05, 3.63) is 77.5 Å². The minimum absolute atomic E-state index is 0.0743. The molecule has 2 aromatic carbocycles. The van der Waals surface area contributed by atoms with Crippen molar-refractivity contribution in [2.45, 2.75) is 13.2 Å². The summed E-state index contributed by atoms with van der Waals surface area (Å²) in [7, 11) is 4.71. The molecule has 3 aromatic rings. The van der Waals surface area contributed by atoms with E-state index in [4.69, 9.17) is 9.47 Å². The summed E-state index contributed by atoms with van der Waals surface area (Å²) in [5.74, 6) is 0.395. The monoisotopic (exact) mass is 422 g/mol. The van der Waals surface area contributed by atoms with Crippen molar-refractivity contribution in [1.29, 1.82) is 0 Å². The standard InChI is InChI=1S/C23H26N4O4/c1-26(23(29)20-14-27(2)25-22(20)30-3)15-21(28)24-13-17-9-11-19(12-10-17)31-16-18-7-5-4-6-8-18/h4-12,14H,13,15-16H2,1-3H3,(H,24,28). The molecule has 0 fully saturated rings. The number of carbonyl (C=O) groups is 2. The largest absolute Gasteiger partial charge is 0.489 e. The highest BCUT2D eigenvalue weighted by Gasteiger charge is 2.21. The fourth-order valence-corrected chi connectivity index (χ4v) is 2.96. The molecule has 0 aliphatic heterocycles. The Morgan fingerprint density at radius 3 is 2.45 bits per heavy atom. The third-order valence-electron chi connectivity index (χ3n) is 4.61. The quantitative estimate of drug-likeness (QED) is 0.572. The van der Waals surface area contributed by atoms with E-state index in [1.807, 2.05) is 54.6 Å². The molecule has 1 N–H and O–H groups in total. The lowest BCUT2D eigenvalue weighted by molar-refractivity contribution is -0.121. The van der Waals surface area contributed by atoms with Crippen LogP contribution in [0.5, 0.6) is 11.6 Å². The molecule has 31 heavy (non-hydrogen) atoms. The van der Waals surface area contributed by atoms with Crippen molar-refractivity contribution >= 4 is 11.8 Å². The average molecular weight is 422 g/mol. The van der Waals surface area contributed by atoms with Crippen LogP contribution < -0.4 is 14.8 Å². The van der Waals surface area contributed by atoms with E-state index in [1.54, 1.807) is 20.3 Å². The van der Waals surface area contributed by atoms with Crippen molar-refractivity contribution in [2.24, 2.45) is 7.05 Å². The summed E-state index contributed by atoms with van der Waals surface area (Å²) in [5.41, 5.74) is 2.34. The Hall–Kier alpha value is -3.81. The van der Waals surface area contributed by atoms with Crippen LogP contribution in [0, 0.1) is 0 Å². The molecule has 1 aromatic heterocycles. The highest BCUT2D eigenvalue weighted by molar-refractivity contribution is 5.98. The van der Waals surface area contributed by atoms with E-state index in [-0.39, 0.29) is 24.2 Å². The van der Waals surface area contributed by atoms with E-state index in [1.165, 1.54) is 16.7 Å². The maximum atomic E-state index is 12.5. The molecule has 8 heteroatoms. The maximum Gasteiger partial charge on any atom is 0.261 e. The number of aromatic nitrogens is 2. The molecule has 0 atom stereocenters. The van der Waals surface area contributed by atoms with Crippen molar-refractivity contribution < 1.29 is 19.1 Å². The normalized spacial score (nSPS) is 10.4. The van der Waals surface area contributed by atoms with Crippen LogP contribution in [0.1, 0.15) is 21.5 Å². The fourth-order valence-electron chi connectivity index (χ4n) is 2.96. The number of methoxy groups -OCH3 is 1. The SMILES string of the molecule is COc1nn(C)cc1C(=O)N(C)CC(=O)NCc1ccc(OCc2ccccc2)cc1. The fraction of sp³-hybridized carbons (Fsp3) is 0.261. The third-order valence-corrected chi connectivity index (χ3v) is 4.61. The first-order valence-corrected chi connectivity index (χ1v) is 9.81. The number of amides is 2. The molecule has 0 radical (unpaired) electrons. The topological polar surface area (TPSA) is 85.7 Å². The summed E-state index contributed by atoms with van der Waals surface area (Å²) in [6, 6.07) is 17.5. The van der Waals surface area contributed by atoms with Gasteiger partial charge in [0, 0.05) is 26.8 Å². The Morgan fingerprint density at radius 1 is 1.06 bits per heavy atom. The zero-order valence-electron chi connectivity index (χ0n) is 17.9. The molecule has 1 heterocycles. The number of carbonyl (C=O) groups excluding carboxylic acids is 2. The van der Waals surface area contributed by atoms with E-state index in [2.05, 4.69) is 10.4 Å². The van der Waals surface area contributed by atoms with Crippen LogP contribution in [0.3, 0.4) is 0 Å². The summed E-state index contributed by atoms with van der Waals surface area (Å²) in [6.45, 7) is 0.782. The second kappa shape index (κ2) is 10.3. The van der Waals surface area contributed by atoms with Crippen molar-refractivity contribution in [3.8, 4) is 11.6 Å². The van der Waals surface area contributed by atoms with Crippen LogP contribution in [0.25, 0.3) is 0 Å². The Morgan fingerprint density at radius 2 is 1.77 bits per heavy atom. The van der Waals surface area contributed by atoms with Crippen LogP contribution in [0.4, 0.5) is 0 Å².